The number of fused-ring (bicyclic) bond motifs is 2. The van der Waals surface area contributed by atoms with Gasteiger partial charge in [-0.25, -0.2) is 4.98 Å². The summed E-state index contributed by atoms with van der Waals surface area (Å²) in [5, 5.41) is 10.1. The van der Waals surface area contributed by atoms with E-state index in [0.29, 0.717) is 10.6 Å². The minimum absolute atomic E-state index is 0.595. The summed E-state index contributed by atoms with van der Waals surface area (Å²) in [7, 11) is 0. The molecule has 3 nitrogen and oxygen atoms in total. The highest BCUT2D eigenvalue weighted by atomic mass is 32.1. The molecule has 0 aromatic carbocycles. The number of thiophene rings is 1. The second-order valence-electron chi connectivity index (χ2n) is 5.65. The van der Waals surface area contributed by atoms with Gasteiger partial charge in [0.2, 0.25) is 0 Å². The van der Waals surface area contributed by atoms with Crippen LogP contribution in [0.4, 0.5) is 5.69 Å². The molecule has 2 heterocycles. The summed E-state index contributed by atoms with van der Waals surface area (Å²) in [5.41, 5.74) is 9.22. The third-order valence-corrected chi connectivity index (χ3v) is 5.28. The summed E-state index contributed by atoms with van der Waals surface area (Å²) < 4.78 is 0. The van der Waals surface area contributed by atoms with Crippen LogP contribution in [0.15, 0.2) is 6.07 Å². The molecule has 0 spiro atoms. The smallest absolute Gasteiger partial charge is 0.130 e. The zero-order valence-corrected chi connectivity index (χ0v) is 12.6. The van der Waals surface area contributed by atoms with Crippen LogP contribution >= 0.6 is 11.3 Å². The molecule has 1 unspecified atom stereocenters. The summed E-state index contributed by atoms with van der Waals surface area (Å²) in [6.07, 6.45) is 7.33. The van der Waals surface area contributed by atoms with Crippen LogP contribution in [0.3, 0.4) is 0 Å². The van der Waals surface area contributed by atoms with Crippen molar-refractivity contribution in [1.29, 1.82) is 5.26 Å². The molecule has 0 saturated carbocycles. The number of nitrogens with two attached hydrogens (primary N) is 1. The first-order valence-corrected chi connectivity index (χ1v) is 8.15. The SMILES string of the molecule is CCCCC1CCc2nc3sc(C#N)c(N)c3cc2C1. The maximum Gasteiger partial charge on any atom is 0.130 e. The highest BCUT2D eigenvalue weighted by Gasteiger charge is 2.21. The number of aryl methyl sites for hydroxylation is 1. The van der Waals surface area contributed by atoms with Gasteiger partial charge in [-0.05, 0) is 36.8 Å². The third kappa shape index (κ3) is 2.27. The Morgan fingerprint density at radius 2 is 2.40 bits per heavy atom. The van der Waals surface area contributed by atoms with Crippen molar-refractivity contribution in [3.63, 3.8) is 0 Å². The molecule has 2 aromatic heterocycles. The number of aromatic nitrogens is 1. The van der Waals surface area contributed by atoms with E-state index in [1.165, 1.54) is 48.3 Å². The second-order valence-corrected chi connectivity index (χ2v) is 6.65. The van der Waals surface area contributed by atoms with Crippen molar-refractivity contribution in [3.8, 4) is 6.07 Å². The summed E-state index contributed by atoms with van der Waals surface area (Å²) >= 11 is 1.41. The van der Waals surface area contributed by atoms with Crippen LogP contribution in [0, 0.1) is 17.2 Å². The fourth-order valence-electron chi connectivity index (χ4n) is 3.09. The van der Waals surface area contributed by atoms with Crippen molar-refractivity contribution in [3.05, 3.63) is 22.2 Å². The summed E-state index contributed by atoms with van der Waals surface area (Å²) in [4.78, 5) is 6.26. The molecule has 1 aliphatic carbocycles. The van der Waals surface area contributed by atoms with E-state index in [9.17, 15) is 0 Å². The molecule has 4 heteroatoms. The molecule has 0 radical (unpaired) electrons. The van der Waals surface area contributed by atoms with Crippen LogP contribution in [0.25, 0.3) is 10.2 Å². The molecular formula is C16H19N3S. The van der Waals surface area contributed by atoms with Crippen molar-refractivity contribution in [1.82, 2.24) is 4.98 Å². The fraction of sp³-hybridized carbons (Fsp3) is 0.500. The van der Waals surface area contributed by atoms with Gasteiger partial charge in [0.25, 0.3) is 0 Å². The van der Waals surface area contributed by atoms with Gasteiger partial charge in [0.15, 0.2) is 0 Å². The van der Waals surface area contributed by atoms with Gasteiger partial charge in [0, 0.05) is 11.1 Å². The maximum atomic E-state index is 9.08. The molecule has 3 rings (SSSR count). The Labute approximate surface area is 123 Å². The standard InChI is InChI=1S/C16H19N3S/c1-2-3-4-10-5-6-13-11(7-10)8-12-15(18)14(9-17)20-16(12)19-13/h8,10H,2-7,18H2,1H3. The van der Waals surface area contributed by atoms with Gasteiger partial charge in [0.1, 0.15) is 15.8 Å². The van der Waals surface area contributed by atoms with Gasteiger partial charge in [-0.15, -0.1) is 11.3 Å². The molecule has 104 valence electrons. The number of nitriles is 1. The topological polar surface area (TPSA) is 62.7 Å². The summed E-state index contributed by atoms with van der Waals surface area (Å²) in [6, 6.07) is 4.35. The number of hydrogen-bond donors (Lipinski definition) is 1. The van der Waals surface area contributed by atoms with Crippen LogP contribution in [0.2, 0.25) is 0 Å². The highest BCUT2D eigenvalue weighted by molar-refractivity contribution is 7.19. The number of rotatable bonds is 3. The van der Waals surface area contributed by atoms with E-state index in [4.69, 9.17) is 16.0 Å². The molecule has 2 N–H and O–H groups in total. The highest BCUT2D eigenvalue weighted by Crippen LogP contribution is 2.36. The van der Waals surface area contributed by atoms with Crippen LogP contribution in [-0.4, -0.2) is 4.98 Å². The lowest BCUT2D eigenvalue weighted by molar-refractivity contribution is 0.410. The Hall–Kier alpha value is -1.60. The van der Waals surface area contributed by atoms with Gasteiger partial charge in [0.05, 0.1) is 5.69 Å². The lowest BCUT2D eigenvalue weighted by Crippen LogP contribution is -2.15. The first-order valence-electron chi connectivity index (χ1n) is 7.33. The average molecular weight is 285 g/mol. The van der Waals surface area contributed by atoms with Crippen LogP contribution in [0.5, 0.6) is 0 Å². The first-order chi connectivity index (χ1) is 9.72. The number of pyridine rings is 1. The monoisotopic (exact) mass is 285 g/mol. The summed E-state index contributed by atoms with van der Waals surface area (Å²) in [6.45, 7) is 2.25. The molecule has 0 amide bonds. The van der Waals surface area contributed by atoms with Crippen LogP contribution < -0.4 is 5.73 Å². The van der Waals surface area contributed by atoms with E-state index in [2.05, 4.69) is 19.1 Å². The third-order valence-electron chi connectivity index (χ3n) is 4.26. The van der Waals surface area contributed by atoms with E-state index in [1.807, 2.05) is 0 Å². The van der Waals surface area contributed by atoms with Gasteiger partial charge in [-0.3, -0.25) is 0 Å². The van der Waals surface area contributed by atoms with E-state index in [-0.39, 0.29) is 0 Å². The van der Waals surface area contributed by atoms with Crippen molar-refractivity contribution in [2.45, 2.75) is 45.4 Å². The molecule has 0 aliphatic heterocycles. The lowest BCUT2D eigenvalue weighted by atomic mass is 9.83. The first kappa shape index (κ1) is 13.4. The van der Waals surface area contributed by atoms with Crippen LogP contribution in [-0.2, 0) is 12.8 Å². The molecular weight excluding hydrogens is 266 g/mol. The van der Waals surface area contributed by atoms with Crippen molar-refractivity contribution < 1.29 is 0 Å². The largest absolute Gasteiger partial charge is 0.396 e. The van der Waals surface area contributed by atoms with Gasteiger partial charge in [-0.1, -0.05) is 26.2 Å². The van der Waals surface area contributed by atoms with Crippen LogP contribution in [0.1, 0.15) is 48.7 Å². The zero-order chi connectivity index (χ0) is 14.1. The predicted octanol–water partition coefficient (Wildman–Crippen LogP) is 4.05. The van der Waals surface area contributed by atoms with E-state index < -0.39 is 0 Å². The molecule has 1 aliphatic rings. The van der Waals surface area contributed by atoms with E-state index >= 15 is 0 Å². The normalized spacial score (nSPS) is 17.9. The summed E-state index contributed by atoms with van der Waals surface area (Å²) in [5.74, 6) is 0.789. The maximum absolute atomic E-state index is 9.08. The van der Waals surface area contributed by atoms with Crippen molar-refractivity contribution in [2.24, 2.45) is 5.92 Å². The van der Waals surface area contributed by atoms with E-state index in [1.54, 1.807) is 0 Å². The molecule has 1 atom stereocenters. The number of anilines is 1. The van der Waals surface area contributed by atoms with Gasteiger partial charge in [-0.2, -0.15) is 5.26 Å². The molecule has 0 bridgehead atoms. The minimum Gasteiger partial charge on any atom is -0.396 e. The van der Waals surface area contributed by atoms with Gasteiger partial charge >= 0.3 is 0 Å². The molecule has 0 saturated heterocycles. The van der Waals surface area contributed by atoms with Crippen molar-refractivity contribution >= 4 is 27.2 Å². The number of unbranched alkanes of at least 4 members (excludes halogenated alkanes) is 1. The molecule has 20 heavy (non-hydrogen) atoms. The number of nitrogens with zero attached hydrogens (tertiary/aromatic N) is 2. The van der Waals surface area contributed by atoms with Gasteiger partial charge < -0.3 is 5.73 Å². The Balaban J connectivity index is 1.96. The minimum atomic E-state index is 0.595. The molecule has 2 aromatic rings. The Morgan fingerprint density at radius 1 is 1.55 bits per heavy atom. The second kappa shape index (κ2) is 5.41. The predicted molar refractivity (Wildman–Crippen MR) is 83.8 cm³/mol. The Kier molecular flexibility index (Phi) is 3.62. The van der Waals surface area contributed by atoms with Crippen molar-refractivity contribution in [2.75, 3.05) is 5.73 Å². The fourth-order valence-corrected chi connectivity index (χ4v) is 3.98. The Bertz CT molecular complexity index is 681. The average Bonchev–Trinajstić information content (AvgIpc) is 2.78. The zero-order valence-electron chi connectivity index (χ0n) is 11.8. The number of hydrogen-bond acceptors (Lipinski definition) is 4. The lowest BCUT2D eigenvalue weighted by Gasteiger charge is -2.23. The quantitative estimate of drug-likeness (QED) is 0.925. The number of nitrogen functional groups attached to an aromatic ring is 1. The van der Waals surface area contributed by atoms with E-state index in [0.717, 1.165) is 29.0 Å². The Morgan fingerprint density at radius 3 is 3.15 bits per heavy atom. The molecule has 0 fully saturated rings.